The van der Waals surface area contributed by atoms with Gasteiger partial charge in [-0.25, -0.2) is 4.79 Å². The first kappa shape index (κ1) is 14.4. The van der Waals surface area contributed by atoms with Crippen molar-refractivity contribution in [1.29, 1.82) is 0 Å². The van der Waals surface area contributed by atoms with E-state index in [2.05, 4.69) is 34.8 Å². The van der Waals surface area contributed by atoms with Crippen LogP contribution >= 0.6 is 15.9 Å². The lowest BCUT2D eigenvalue weighted by Gasteiger charge is -2.35. The summed E-state index contributed by atoms with van der Waals surface area (Å²) in [6, 6.07) is 6.03. The number of hydrogen-bond acceptors (Lipinski definition) is 2. The molecule has 2 unspecified atom stereocenters. The zero-order chi connectivity index (χ0) is 14.0. The first-order valence-corrected chi connectivity index (χ1v) is 7.54. The second-order valence-corrected chi connectivity index (χ2v) is 6.36. The van der Waals surface area contributed by atoms with E-state index in [0.29, 0.717) is 16.1 Å². The minimum atomic E-state index is -0.896. The van der Waals surface area contributed by atoms with E-state index in [-0.39, 0.29) is 0 Å². The molecule has 19 heavy (non-hydrogen) atoms. The molecule has 1 aliphatic carbocycles. The fraction of sp³-hybridized carbons (Fsp3) is 0.533. The van der Waals surface area contributed by atoms with Gasteiger partial charge in [0.1, 0.15) is 0 Å². The van der Waals surface area contributed by atoms with Gasteiger partial charge in [-0.05, 0) is 52.9 Å². The zero-order valence-corrected chi connectivity index (χ0v) is 13.0. The number of rotatable bonds is 3. The van der Waals surface area contributed by atoms with Gasteiger partial charge in [0.15, 0.2) is 0 Å². The van der Waals surface area contributed by atoms with Crippen LogP contribution in [-0.2, 0) is 0 Å². The number of anilines is 1. The van der Waals surface area contributed by atoms with E-state index in [4.69, 9.17) is 5.11 Å². The average molecular weight is 326 g/mol. The number of carboxylic acid groups (broad SMARTS) is 1. The molecule has 4 heteroatoms. The molecule has 2 atom stereocenters. The number of nitrogens with zero attached hydrogens (tertiary/aromatic N) is 1. The maximum absolute atomic E-state index is 11.0. The Balaban J connectivity index is 2.17. The minimum Gasteiger partial charge on any atom is -0.478 e. The lowest BCUT2D eigenvalue weighted by atomic mass is 9.86. The molecule has 0 aromatic heterocycles. The third-order valence-corrected chi connectivity index (χ3v) is 4.70. The standard InChI is InChI=1S/C15H20BrNO2/c1-10-4-3-5-11(8-10)17(2)12-6-7-13(15(18)19)14(16)9-12/h6-7,9-11H,3-5,8H2,1-2H3,(H,18,19). The summed E-state index contributed by atoms with van der Waals surface area (Å²) in [5, 5.41) is 9.03. The Morgan fingerprint density at radius 1 is 1.42 bits per heavy atom. The van der Waals surface area contributed by atoms with Crippen molar-refractivity contribution in [2.45, 2.75) is 38.6 Å². The summed E-state index contributed by atoms with van der Waals surface area (Å²) in [4.78, 5) is 13.3. The maximum Gasteiger partial charge on any atom is 0.336 e. The molecule has 1 aliphatic rings. The number of carboxylic acids is 1. The first-order chi connectivity index (χ1) is 8.99. The van der Waals surface area contributed by atoms with Gasteiger partial charge in [-0.15, -0.1) is 0 Å². The summed E-state index contributed by atoms with van der Waals surface area (Å²) >= 11 is 3.34. The topological polar surface area (TPSA) is 40.5 Å². The average Bonchev–Trinajstić information content (AvgIpc) is 2.37. The predicted octanol–water partition coefficient (Wildman–Crippen LogP) is 4.16. The molecule has 0 spiro atoms. The van der Waals surface area contributed by atoms with Gasteiger partial charge in [-0.1, -0.05) is 19.8 Å². The van der Waals surface area contributed by atoms with Crippen molar-refractivity contribution in [3.05, 3.63) is 28.2 Å². The van der Waals surface area contributed by atoms with Crippen molar-refractivity contribution in [3.8, 4) is 0 Å². The Bertz CT molecular complexity index is 475. The van der Waals surface area contributed by atoms with Crippen LogP contribution in [0.4, 0.5) is 5.69 Å². The van der Waals surface area contributed by atoms with E-state index in [1.807, 2.05) is 12.1 Å². The molecule has 0 saturated heterocycles. The Hall–Kier alpha value is -1.03. The van der Waals surface area contributed by atoms with Crippen LogP contribution in [0.1, 0.15) is 43.0 Å². The highest BCUT2D eigenvalue weighted by Gasteiger charge is 2.23. The summed E-state index contributed by atoms with van der Waals surface area (Å²) in [6.07, 6.45) is 5.05. The normalized spacial score (nSPS) is 23.1. The van der Waals surface area contributed by atoms with Crippen LogP contribution in [0.2, 0.25) is 0 Å². The molecule has 0 heterocycles. The number of hydrogen-bond donors (Lipinski definition) is 1. The molecule has 2 rings (SSSR count). The quantitative estimate of drug-likeness (QED) is 0.907. The van der Waals surface area contributed by atoms with Crippen LogP contribution < -0.4 is 4.90 Å². The van der Waals surface area contributed by atoms with Gasteiger partial charge < -0.3 is 10.0 Å². The fourth-order valence-corrected chi connectivity index (χ4v) is 3.40. The Kier molecular flexibility index (Phi) is 4.50. The molecule has 1 fully saturated rings. The van der Waals surface area contributed by atoms with Crippen LogP contribution in [0.15, 0.2) is 22.7 Å². The van der Waals surface area contributed by atoms with Gasteiger partial charge in [-0.3, -0.25) is 0 Å². The molecule has 1 saturated carbocycles. The highest BCUT2D eigenvalue weighted by molar-refractivity contribution is 9.10. The lowest BCUT2D eigenvalue weighted by molar-refractivity contribution is 0.0696. The van der Waals surface area contributed by atoms with Gasteiger partial charge in [0, 0.05) is 23.2 Å². The Labute approximate surface area is 122 Å². The summed E-state index contributed by atoms with van der Waals surface area (Å²) in [6.45, 7) is 2.31. The largest absolute Gasteiger partial charge is 0.478 e. The van der Waals surface area contributed by atoms with Crippen molar-refractivity contribution >= 4 is 27.6 Å². The Morgan fingerprint density at radius 2 is 2.16 bits per heavy atom. The minimum absolute atomic E-state index is 0.314. The fourth-order valence-electron chi connectivity index (χ4n) is 2.86. The van der Waals surface area contributed by atoms with Gasteiger partial charge in [0.05, 0.1) is 5.56 Å². The molecule has 1 aromatic rings. The molecule has 0 radical (unpaired) electrons. The van der Waals surface area contributed by atoms with E-state index in [9.17, 15) is 4.79 Å². The van der Waals surface area contributed by atoms with Crippen LogP contribution in [0, 0.1) is 5.92 Å². The monoisotopic (exact) mass is 325 g/mol. The summed E-state index contributed by atoms with van der Waals surface area (Å²) in [7, 11) is 2.10. The van der Waals surface area contributed by atoms with Crippen LogP contribution in [0.25, 0.3) is 0 Å². The van der Waals surface area contributed by atoms with Crippen molar-refractivity contribution in [1.82, 2.24) is 0 Å². The third-order valence-electron chi connectivity index (χ3n) is 4.05. The van der Waals surface area contributed by atoms with E-state index >= 15 is 0 Å². The Morgan fingerprint density at radius 3 is 2.74 bits per heavy atom. The van der Waals surface area contributed by atoms with Gasteiger partial charge >= 0.3 is 5.97 Å². The SMILES string of the molecule is CC1CCCC(N(C)c2ccc(C(=O)O)c(Br)c2)C1. The highest BCUT2D eigenvalue weighted by atomic mass is 79.9. The van der Waals surface area contributed by atoms with Crippen LogP contribution in [-0.4, -0.2) is 24.2 Å². The number of halogens is 1. The van der Waals surface area contributed by atoms with Crippen molar-refractivity contribution in [2.24, 2.45) is 5.92 Å². The predicted molar refractivity (Wildman–Crippen MR) is 80.9 cm³/mol. The first-order valence-electron chi connectivity index (χ1n) is 6.74. The molecule has 1 N–H and O–H groups in total. The molecule has 104 valence electrons. The van der Waals surface area contributed by atoms with Crippen molar-refractivity contribution in [2.75, 3.05) is 11.9 Å². The number of carbonyl (C=O) groups is 1. The molecule has 1 aromatic carbocycles. The van der Waals surface area contributed by atoms with Crippen LogP contribution in [0.3, 0.4) is 0 Å². The van der Waals surface area contributed by atoms with Crippen LogP contribution in [0.5, 0.6) is 0 Å². The molecular weight excluding hydrogens is 306 g/mol. The number of benzene rings is 1. The molecule has 0 bridgehead atoms. The molecule has 0 amide bonds. The highest BCUT2D eigenvalue weighted by Crippen LogP contribution is 2.31. The third kappa shape index (κ3) is 3.30. The second-order valence-electron chi connectivity index (χ2n) is 5.51. The van der Waals surface area contributed by atoms with E-state index in [0.717, 1.165) is 11.6 Å². The van der Waals surface area contributed by atoms with E-state index in [1.54, 1.807) is 6.07 Å². The number of aromatic carboxylic acids is 1. The van der Waals surface area contributed by atoms with E-state index < -0.39 is 5.97 Å². The van der Waals surface area contributed by atoms with Crippen molar-refractivity contribution < 1.29 is 9.90 Å². The second kappa shape index (κ2) is 5.95. The molecule has 3 nitrogen and oxygen atoms in total. The summed E-state index contributed by atoms with van der Waals surface area (Å²) in [5.74, 6) is -0.115. The maximum atomic E-state index is 11.0. The lowest BCUT2D eigenvalue weighted by Crippen LogP contribution is -2.35. The molecular formula is C15H20BrNO2. The van der Waals surface area contributed by atoms with Gasteiger partial charge in [0.2, 0.25) is 0 Å². The summed E-state index contributed by atoms with van der Waals surface area (Å²) in [5.41, 5.74) is 1.39. The van der Waals surface area contributed by atoms with Gasteiger partial charge in [-0.2, -0.15) is 0 Å². The smallest absolute Gasteiger partial charge is 0.336 e. The zero-order valence-electron chi connectivity index (χ0n) is 11.4. The summed E-state index contributed by atoms with van der Waals surface area (Å²) < 4.78 is 0.646. The van der Waals surface area contributed by atoms with Crippen molar-refractivity contribution in [3.63, 3.8) is 0 Å². The van der Waals surface area contributed by atoms with E-state index in [1.165, 1.54) is 25.7 Å². The molecule has 0 aliphatic heterocycles. The van der Waals surface area contributed by atoms with Gasteiger partial charge in [0.25, 0.3) is 0 Å².